The van der Waals surface area contributed by atoms with Crippen molar-refractivity contribution in [3.63, 3.8) is 0 Å². The van der Waals surface area contributed by atoms with Crippen molar-refractivity contribution in [2.75, 3.05) is 11.9 Å². The van der Waals surface area contributed by atoms with Gasteiger partial charge in [0.1, 0.15) is 0 Å². The smallest absolute Gasteiger partial charge is 0.241 e. The molecule has 1 aromatic rings. The summed E-state index contributed by atoms with van der Waals surface area (Å²) >= 11 is 3.40. The zero-order valence-electron chi connectivity index (χ0n) is 10.6. The number of hydrogen-bond donors (Lipinski definition) is 2. The summed E-state index contributed by atoms with van der Waals surface area (Å²) < 4.78 is 0.975. The average Bonchev–Trinajstić information content (AvgIpc) is 2.39. The summed E-state index contributed by atoms with van der Waals surface area (Å²) in [6.07, 6.45) is 3.27. The van der Waals surface area contributed by atoms with E-state index in [2.05, 4.69) is 33.5 Å². The number of halogens is 1. The van der Waals surface area contributed by atoms with Gasteiger partial charge in [0, 0.05) is 10.2 Å². The number of benzene rings is 1. The molecular formula is C14H19BrN2O. The summed E-state index contributed by atoms with van der Waals surface area (Å²) in [7, 11) is 0. The highest BCUT2D eigenvalue weighted by Crippen LogP contribution is 2.21. The molecule has 0 aliphatic carbocycles. The molecule has 98 valence electrons. The van der Waals surface area contributed by atoms with E-state index in [1.165, 1.54) is 6.42 Å². The molecule has 1 aromatic carbocycles. The Hall–Kier alpha value is -0.870. The molecular weight excluding hydrogens is 292 g/mol. The van der Waals surface area contributed by atoms with E-state index < -0.39 is 0 Å². The van der Waals surface area contributed by atoms with Crippen LogP contribution in [0.3, 0.4) is 0 Å². The lowest BCUT2D eigenvalue weighted by molar-refractivity contribution is -0.119. The maximum Gasteiger partial charge on any atom is 0.241 e. The lowest BCUT2D eigenvalue weighted by Gasteiger charge is -2.28. The average molecular weight is 311 g/mol. The monoisotopic (exact) mass is 310 g/mol. The van der Waals surface area contributed by atoms with E-state index in [0.29, 0.717) is 5.92 Å². The molecule has 2 unspecified atom stereocenters. The van der Waals surface area contributed by atoms with Crippen molar-refractivity contribution in [3.05, 3.63) is 28.7 Å². The predicted octanol–water partition coefficient (Wildman–Crippen LogP) is 3.17. The number of carbonyl (C=O) groups is 1. The summed E-state index contributed by atoms with van der Waals surface area (Å²) in [6, 6.07) is 7.63. The molecule has 1 saturated heterocycles. The Balaban J connectivity index is 1.95. The number of piperidine rings is 1. The van der Waals surface area contributed by atoms with Gasteiger partial charge in [-0.25, -0.2) is 0 Å². The summed E-state index contributed by atoms with van der Waals surface area (Å²) in [5, 5.41) is 6.26. The van der Waals surface area contributed by atoms with Gasteiger partial charge in [-0.15, -0.1) is 0 Å². The molecule has 1 aliphatic heterocycles. The Morgan fingerprint density at radius 2 is 2.39 bits per heavy atom. The molecule has 4 heteroatoms. The molecule has 2 N–H and O–H groups in total. The van der Waals surface area contributed by atoms with E-state index in [1.54, 1.807) is 0 Å². The van der Waals surface area contributed by atoms with Gasteiger partial charge in [0.05, 0.1) is 6.04 Å². The van der Waals surface area contributed by atoms with Gasteiger partial charge in [-0.05, 0) is 43.5 Å². The third-order valence-electron chi connectivity index (χ3n) is 3.50. The van der Waals surface area contributed by atoms with E-state index in [0.717, 1.165) is 29.5 Å². The van der Waals surface area contributed by atoms with Gasteiger partial charge < -0.3 is 10.6 Å². The lowest BCUT2D eigenvalue weighted by atomic mass is 9.90. The second kappa shape index (κ2) is 6.34. The second-order valence-corrected chi connectivity index (χ2v) is 5.72. The standard InChI is InChI=1S/C14H19BrN2O/c1-2-10-6-7-16-13(8-10)14(18)17-12-5-3-4-11(15)9-12/h3-5,9-10,13,16H,2,6-8H2,1H3,(H,17,18). The van der Waals surface area contributed by atoms with Crippen LogP contribution in [-0.4, -0.2) is 18.5 Å². The zero-order chi connectivity index (χ0) is 13.0. The van der Waals surface area contributed by atoms with Crippen LogP contribution in [0.1, 0.15) is 26.2 Å². The molecule has 3 nitrogen and oxygen atoms in total. The second-order valence-electron chi connectivity index (χ2n) is 4.80. The first kappa shape index (κ1) is 13.6. The number of anilines is 1. The molecule has 1 amide bonds. The third kappa shape index (κ3) is 3.56. The van der Waals surface area contributed by atoms with E-state index >= 15 is 0 Å². The number of amides is 1. The molecule has 2 rings (SSSR count). The predicted molar refractivity (Wildman–Crippen MR) is 77.6 cm³/mol. The van der Waals surface area contributed by atoms with Gasteiger partial charge in [-0.3, -0.25) is 4.79 Å². The van der Waals surface area contributed by atoms with Crippen LogP contribution in [0.15, 0.2) is 28.7 Å². The van der Waals surface area contributed by atoms with Crippen molar-refractivity contribution in [1.82, 2.24) is 5.32 Å². The molecule has 1 heterocycles. The first-order valence-electron chi connectivity index (χ1n) is 6.49. The molecule has 0 saturated carbocycles. The van der Waals surface area contributed by atoms with Crippen molar-refractivity contribution in [3.8, 4) is 0 Å². The fraction of sp³-hybridized carbons (Fsp3) is 0.500. The molecule has 18 heavy (non-hydrogen) atoms. The van der Waals surface area contributed by atoms with Crippen molar-refractivity contribution in [1.29, 1.82) is 0 Å². The fourth-order valence-corrected chi connectivity index (χ4v) is 2.76. The first-order valence-corrected chi connectivity index (χ1v) is 7.28. The minimum absolute atomic E-state index is 0.0531. The molecule has 2 atom stereocenters. The molecule has 0 bridgehead atoms. The van der Waals surface area contributed by atoms with Crippen LogP contribution in [0, 0.1) is 5.92 Å². The minimum atomic E-state index is -0.0531. The largest absolute Gasteiger partial charge is 0.325 e. The van der Waals surface area contributed by atoms with Crippen LogP contribution in [0.5, 0.6) is 0 Å². The van der Waals surface area contributed by atoms with Gasteiger partial charge in [-0.2, -0.15) is 0 Å². The highest BCUT2D eigenvalue weighted by atomic mass is 79.9. The van der Waals surface area contributed by atoms with Crippen molar-refractivity contribution < 1.29 is 4.79 Å². The number of carbonyl (C=O) groups excluding carboxylic acids is 1. The Labute approximate surface area is 116 Å². The van der Waals surface area contributed by atoms with Gasteiger partial charge in [0.15, 0.2) is 0 Å². The Morgan fingerprint density at radius 3 is 3.11 bits per heavy atom. The van der Waals surface area contributed by atoms with Crippen LogP contribution in [-0.2, 0) is 4.79 Å². The van der Waals surface area contributed by atoms with Crippen molar-refractivity contribution >= 4 is 27.5 Å². The topological polar surface area (TPSA) is 41.1 Å². The van der Waals surface area contributed by atoms with Crippen molar-refractivity contribution in [2.45, 2.75) is 32.2 Å². The maximum absolute atomic E-state index is 12.2. The third-order valence-corrected chi connectivity index (χ3v) is 3.99. The molecule has 1 aliphatic rings. The fourth-order valence-electron chi connectivity index (χ4n) is 2.36. The number of rotatable bonds is 3. The number of nitrogens with one attached hydrogen (secondary N) is 2. The maximum atomic E-state index is 12.2. The van der Waals surface area contributed by atoms with Gasteiger partial charge >= 0.3 is 0 Å². The number of hydrogen-bond acceptors (Lipinski definition) is 2. The van der Waals surface area contributed by atoms with E-state index in [-0.39, 0.29) is 11.9 Å². The normalized spacial score (nSPS) is 23.7. The van der Waals surface area contributed by atoms with Crippen LogP contribution in [0.4, 0.5) is 5.69 Å². The van der Waals surface area contributed by atoms with Gasteiger partial charge in [0.25, 0.3) is 0 Å². The first-order chi connectivity index (χ1) is 8.69. The molecule has 1 fully saturated rings. The Bertz CT molecular complexity index is 422. The van der Waals surface area contributed by atoms with E-state index in [4.69, 9.17) is 0 Å². The SMILES string of the molecule is CCC1CCNC(C(=O)Nc2cccc(Br)c2)C1. The molecule has 0 spiro atoms. The van der Waals surface area contributed by atoms with E-state index in [1.807, 2.05) is 24.3 Å². The molecule has 0 radical (unpaired) electrons. The lowest BCUT2D eigenvalue weighted by Crippen LogP contribution is -2.46. The Morgan fingerprint density at radius 1 is 1.56 bits per heavy atom. The zero-order valence-corrected chi connectivity index (χ0v) is 12.2. The van der Waals surface area contributed by atoms with Gasteiger partial charge in [-0.1, -0.05) is 35.3 Å². The van der Waals surface area contributed by atoms with Crippen LogP contribution in [0.25, 0.3) is 0 Å². The summed E-state index contributed by atoms with van der Waals surface area (Å²) in [5.74, 6) is 0.746. The molecule has 0 aromatic heterocycles. The summed E-state index contributed by atoms with van der Waals surface area (Å²) in [4.78, 5) is 12.2. The van der Waals surface area contributed by atoms with Crippen LogP contribution < -0.4 is 10.6 Å². The van der Waals surface area contributed by atoms with Crippen LogP contribution in [0.2, 0.25) is 0 Å². The highest BCUT2D eigenvalue weighted by Gasteiger charge is 2.25. The van der Waals surface area contributed by atoms with Crippen molar-refractivity contribution in [2.24, 2.45) is 5.92 Å². The quantitative estimate of drug-likeness (QED) is 0.900. The highest BCUT2D eigenvalue weighted by molar-refractivity contribution is 9.10. The van der Waals surface area contributed by atoms with Gasteiger partial charge in [0.2, 0.25) is 5.91 Å². The summed E-state index contributed by atoms with van der Waals surface area (Å²) in [6.45, 7) is 3.13. The minimum Gasteiger partial charge on any atom is -0.325 e. The summed E-state index contributed by atoms with van der Waals surface area (Å²) in [5.41, 5.74) is 0.842. The van der Waals surface area contributed by atoms with E-state index in [9.17, 15) is 4.79 Å². The van der Waals surface area contributed by atoms with Crippen LogP contribution >= 0.6 is 15.9 Å². The Kier molecular flexibility index (Phi) is 4.78.